The van der Waals surface area contributed by atoms with Gasteiger partial charge in [-0.3, -0.25) is 0 Å². The topological polar surface area (TPSA) is 26.3 Å². The van der Waals surface area contributed by atoms with E-state index in [0.29, 0.717) is 11.8 Å². The van der Waals surface area contributed by atoms with E-state index in [1.54, 1.807) is 0 Å². The molecule has 90 valence electrons. The fourth-order valence-electron chi connectivity index (χ4n) is 2.46. The van der Waals surface area contributed by atoms with Gasteiger partial charge in [0.25, 0.3) is 0 Å². The second kappa shape index (κ2) is 4.86. The number of hydrogen-bond donors (Lipinski definition) is 0. The summed E-state index contributed by atoms with van der Waals surface area (Å²) in [5, 5.41) is 0. The van der Waals surface area contributed by atoms with Gasteiger partial charge in [0.15, 0.2) is 0 Å². The highest BCUT2D eigenvalue weighted by Gasteiger charge is 2.37. The van der Waals surface area contributed by atoms with Crippen LogP contribution in [0.5, 0.6) is 0 Å². The molecule has 0 N–H and O–H groups in total. The van der Waals surface area contributed by atoms with E-state index in [9.17, 15) is 4.79 Å². The molecular formula is C14H22O2. The average Bonchev–Trinajstić information content (AvgIpc) is 2.50. The molecule has 0 radical (unpaired) electrons. The molecule has 0 heterocycles. The molecular weight excluding hydrogens is 200 g/mol. The second-order valence-electron chi connectivity index (χ2n) is 5.19. The smallest absolute Gasteiger partial charge is 0.330 e. The van der Waals surface area contributed by atoms with Crippen molar-refractivity contribution in [2.24, 2.45) is 17.3 Å². The zero-order chi connectivity index (χ0) is 12.3. The van der Waals surface area contributed by atoms with Gasteiger partial charge in [-0.15, -0.1) is 0 Å². The fraction of sp³-hybridized carbons (Fsp3) is 0.643. The molecule has 1 aliphatic carbocycles. The summed E-state index contributed by atoms with van der Waals surface area (Å²) in [6, 6.07) is 0. The largest absolute Gasteiger partial charge is 0.466 e. The highest BCUT2D eigenvalue weighted by Crippen LogP contribution is 2.46. The van der Waals surface area contributed by atoms with Crippen molar-refractivity contribution in [2.45, 2.75) is 34.1 Å². The Labute approximate surface area is 98.4 Å². The third-order valence-corrected chi connectivity index (χ3v) is 3.99. The summed E-state index contributed by atoms with van der Waals surface area (Å²) in [4.78, 5) is 11.0. The number of esters is 1. The predicted molar refractivity (Wildman–Crippen MR) is 66.0 cm³/mol. The normalized spacial score (nSPS) is 25.6. The first-order chi connectivity index (χ1) is 7.39. The quantitative estimate of drug-likeness (QED) is 0.416. The van der Waals surface area contributed by atoms with Crippen molar-refractivity contribution < 1.29 is 9.53 Å². The molecule has 0 spiro atoms. The van der Waals surface area contributed by atoms with E-state index >= 15 is 0 Å². The highest BCUT2D eigenvalue weighted by molar-refractivity contribution is 5.81. The minimum atomic E-state index is -0.271. The summed E-state index contributed by atoms with van der Waals surface area (Å²) >= 11 is 0. The van der Waals surface area contributed by atoms with E-state index in [-0.39, 0.29) is 11.4 Å². The van der Waals surface area contributed by atoms with Crippen LogP contribution in [-0.2, 0) is 9.53 Å². The fourth-order valence-corrected chi connectivity index (χ4v) is 2.46. The molecule has 0 aromatic rings. The molecule has 0 saturated heterocycles. The molecule has 0 aromatic carbocycles. The Morgan fingerprint density at radius 3 is 2.69 bits per heavy atom. The molecule has 0 amide bonds. The van der Waals surface area contributed by atoms with Gasteiger partial charge >= 0.3 is 5.97 Å². The van der Waals surface area contributed by atoms with Crippen LogP contribution in [0.4, 0.5) is 0 Å². The van der Waals surface area contributed by atoms with Gasteiger partial charge < -0.3 is 4.74 Å². The van der Waals surface area contributed by atoms with Crippen LogP contribution in [-0.4, -0.2) is 13.1 Å². The molecule has 1 aliphatic rings. The van der Waals surface area contributed by atoms with Crippen LogP contribution >= 0.6 is 0 Å². The molecule has 0 fully saturated rings. The van der Waals surface area contributed by atoms with Crippen LogP contribution < -0.4 is 0 Å². The monoisotopic (exact) mass is 222 g/mol. The number of allylic oxidation sites excluding steroid dienone is 3. The van der Waals surface area contributed by atoms with E-state index in [4.69, 9.17) is 0 Å². The summed E-state index contributed by atoms with van der Waals surface area (Å²) in [6.45, 7) is 8.91. The molecule has 0 saturated carbocycles. The van der Waals surface area contributed by atoms with Gasteiger partial charge in [-0.1, -0.05) is 38.5 Å². The Morgan fingerprint density at radius 2 is 2.25 bits per heavy atom. The summed E-state index contributed by atoms with van der Waals surface area (Å²) in [7, 11) is 1.41. The summed E-state index contributed by atoms with van der Waals surface area (Å²) < 4.78 is 4.60. The van der Waals surface area contributed by atoms with Crippen LogP contribution in [0.2, 0.25) is 0 Å². The molecule has 0 aromatic heterocycles. The third-order valence-electron chi connectivity index (χ3n) is 3.99. The number of hydrogen-bond acceptors (Lipinski definition) is 2. The lowest BCUT2D eigenvalue weighted by Crippen LogP contribution is -2.25. The lowest BCUT2D eigenvalue weighted by atomic mass is 9.72. The highest BCUT2D eigenvalue weighted by atomic mass is 16.5. The Bertz CT molecular complexity index is 324. The standard InChI is InChI=1S/C14H22O2/c1-10(6-9-13(15)16-5)12-8-7-11(2)14(12,3)4/h6-7,9-10,12H,8H2,1-5H3/t10?,12-/m0/s1. The SMILES string of the molecule is COC(=O)C=CC(C)[C@@H]1CC=C(C)C1(C)C. The van der Waals surface area contributed by atoms with Gasteiger partial charge in [0.05, 0.1) is 7.11 Å². The zero-order valence-electron chi connectivity index (χ0n) is 10.9. The third kappa shape index (κ3) is 2.55. The Kier molecular flexibility index (Phi) is 3.95. The molecule has 2 heteroatoms. The number of carbonyl (C=O) groups excluding carboxylic acids is 1. The molecule has 1 rings (SSSR count). The summed E-state index contributed by atoms with van der Waals surface area (Å²) in [5.74, 6) is 0.698. The molecule has 2 atom stereocenters. The summed E-state index contributed by atoms with van der Waals surface area (Å²) in [6.07, 6.45) is 6.91. The van der Waals surface area contributed by atoms with Gasteiger partial charge in [0.1, 0.15) is 0 Å². The van der Waals surface area contributed by atoms with Crippen LogP contribution in [0.3, 0.4) is 0 Å². The lowest BCUT2D eigenvalue weighted by molar-refractivity contribution is -0.134. The van der Waals surface area contributed by atoms with Crippen molar-refractivity contribution in [1.29, 1.82) is 0 Å². The van der Waals surface area contributed by atoms with E-state index in [1.165, 1.54) is 18.8 Å². The predicted octanol–water partition coefficient (Wildman–Crippen LogP) is 3.34. The van der Waals surface area contributed by atoms with Crippen molar-refractivity contribution in [3.05, 3.63) is 23.8 Å². The van der Waals surface area contributed by atoms with E-state index in [0.717, 1.165) is 6.42 Å². The van der Waals surface area contributed by atoms with Crippen LogP contribution in [0.15, 0.2) is 23.8 Å². The van der Waals surface area contributed by atoms with E-state index in [1.807, 2.05) is 6.08 Å². The number of carbonyl (C=O) groups is 1. The average molecular weight is 222 g/mol. The van der Waals surface area contributed by atoms with Crippen molar-refractivity contribution in [3.63, 3.8) is 0 Å². The maximum absolute atomic E-state index is 11.0. The number of methoxy groups -OCH3 is 1. The minimum Gasteiger partial charge on any atom is -0.466 e. The van der Waals surface area contributed by atoms with Crippen LogP contribution in [0, 0.1) is 17.3 Å². The maximum Gasteiger partial charge on any atom is 0.330 e. The first kappa shape index (κ1) is 13.0. The molecule has 1 unspecified atom stereocenters. The van der Waals surface area contributed by atoms with Crippen LogP contribution in [0.25, 0.3) is 0 Å². The first-order valence-corrected chi connectivity index (χ1v) is 5.83. The Morgan fingerprint density at radius 1 is 1.62 bits per heavy atom. The Balaban J connectivity index is 2.67. The van der Waals surface area contributed by atoms with Crippen LogP contribution in [0.1, 0.15) is 34.1 Å². The number of ether oxygens (including phenoxy) is 1. The zero-order valence-corrected chi connectivity index (χ0v) is 10.9. The Hall–Kier alpha value is -1.05. The van der Waals surface area contributed by atoms with Crippen molar-refractivity contribution >= 4 is 5.97 Å². The molecule has 0 aliphatic heterocycles. The first-order valence-electron chi connectivity index (χ1n) is 5.83. The maximum atomic E-state index is 11.0. The van der Waals surface area contributed by atoms with Gasteiger partial charge in [-0.2, -0.15) is 0 Å². The van der Waals surface area contributed by atoms with Gasteiger partial charge in [-0.25, -0.2) is 4.79 Å². The molecule has 2 nitrogen and oxygen atoms in total. The van der Waals surface area contributed by atoms with Crippen molar-refractivity contribution in [3.8, 4) is 0 Å². The lowest BCUT2D eigenvalue weighted by Gasteiger charge is -2.33. The van der Waals surface area contributed by atoms with E-state index in [2.05, 4.69) is 38.5 Å². The van der Waals surface area contributed by atoms with E-state index < -0.39 is 0 Å². The molecule has 0 bridgehead atoms. The minimum absolute atomic E-state index is 0.236. The molecule has 16 heavy (non-hydrogen) atoms. The van der Waals surface area contributed by atoms with Crippen molar-refractivity contribution in [1.82, 2.24) is 0 Å². The van der Waals surface area contributed by atoms with Gasteiger partial charge in [0.2, 0.25) is 0 Å². The number of rotatable bonds is 3. The van der Waals surface area contributed by atoms with Gasteiger partial charge in [0, 0.05) is 6.08 Å². The summed E-state index contributed by atoms with van der Waals surface area (Å²) in [5.41, 5.74) is 1.69. The second-order valence-corrected chi connectivity index (χ2v) is 5.19. The van der Waals surface area contributed by atoms with Gasteiger partial charge in [-0.05, 0) is 30.6 Å². The van der Waals surface area contributed by atoms with Crippen molar-refractivity contribution in [2.75, 3.05) is 7.11 Å².